The van der Waals surface area contributed by atoms with Gasteiger partial charge in [0, 0.05) is 13.0 Å². The number of hydrogen-bond donors (Lipinski definition) is 2. The summed E-state index contributed by atoms with van der Waals surface area (Å²) in [5.74, 6) is 0.0400. The molecule has 0 atom stereocenters. The average Bonchev–Trinajstić information content (AvgIpc) is 3.33. The monoisotopic (exact) mass is 512 g/mol. The van der Waals surface area contributed by atoms with Crippen LogP contribution in [0.5, 0.6) is 0 Å². The van der Waals surface area contributed by atoms with Crippen LogP contribution < -0.4 is 10.6 Å². The van der Waals surface area contributed by atoms with Gasteiger partial charge in [0.2, 0.25) is 16.2 Å². The zero-order chi connectivity index (χ0) is 25.5. The molecule has 1 amide bonds. The van der Waals surface area contributed by atoms with Crippen molar-refractivity contribution in [1.29, 1.82) is 0 Å². The molecular formula is C30H48N4OS. The molecule has 0 fully saturated rings. The van der Waals surface area contributed by atoms with Crippen molar-refractivity contribution < 1.29 is 4.79 Å². The Balaban J connectivity index is 1.39. The minimum absolute atomic E-state index is 0.0400. The summed E-state index contributed by atoms with van der Waals surface area (Å²) in [5.41, 5.74) is 1.38. The Hall–Kier alpha value is -2.21. The van der Waals surface area contributed by atoms with Crippen molar-refractivity contribution in [2.75, 3.05) is 17.2 Å². The maximum absolute atomic E-state index is 12.2. The molecule has 1 aromatic carbocycles. The highest BCUT2D eigenvalue weighted by Crippen LogP contribution is 2.20. The number of hydrogen-bond acceptors (Lipinski definition) is 5. The van der Waals surface area contributed by atoms with Crippen LogP contribution in [0.25, 0.3) is 0 Å². The van der Waals surface area contributed by atoms with Gasteiger partial charge in [0.25, 0.3) is 0 Å². The summed E-state index contributed by atoms with van der Waals surface area (Å²) in [6.07, 6.45) is 25.0. The fourth-order valence-electron chi connectivity index (χ4n) is 4.18. The van der Waals surface area contributed by atoms with Crippen molar-refractivity contribution in [1.82, 2.24) is 10.2 Å². The molecule has 0 saturated heterocycles. The molecule has 1 heterocycles. The molecule has 2 N–H and O–H groups in total. The number of anilines is 2. The van der Waals surface area contributed by atoms with Crippen molar-refractivity contribution in [3.8, 4) is 0 Å². The molecule has 0 aliphatic carbocycles. The van der Waals surface area contributed by atoms with Gasteiger partial charge in [-0.3, -0.25) is 4.79 Å². The van der Waals surface area contributed by atoms with E-state index in [2.05, 4.69) is 70.2 Å². The minimum Gasteiger partial charge on any atom is -0.360 e. The van der Waals surface area contributed by atoms with Crippen LogP contribution in [0.3, 0.4) is 0 Å². The third-order valence-corrected chi connectivity index (χ3v) is 7.14. The second kappa shape index (κ2) is 20.9. The normalized spacial score (nSPS) is 11.2. The fourth-order valence-corrected chi connectivity index (χ4v) is 4.86. The number of aryl methyl sites for hydroxylation is 1. The Morgan fingerprint density at radius 2 is 1.42 bits per heavy atom. The summed E-state index contributed by atoms with van der Waals surface area (Å²) < 4.78 is 0. The largest absolute Gasteiger partial charge is 0.360 e. The lowest BCUT2D eigenvalue weighted by atomic mass is 10.1. The van der Waals surface area contributed by atoms with Crippen LogP contribution in [0.2, 0.25) is 0 Å². The highest BCUT2D eigenvalue weighted by Gasteiger charge is 2.08. The van der Waals surface area contributed by atoms with E-state index in [1.807, 2.05) is 0 Å². The molecule has 0 radical (unpaired) electrons. The molecule has 0 spiro atoms. The van der Waals surface area contributed by atoms with Gasteiger partial charge in [0.1, 0.15) is 0 Å². The van der Waals surface area contributed by atoms with Crippen molar-refractivity contribution in [3.63, 3.8) is 0 Å². The number of nitrogens with zero attached hydrogens (tertiary/aromatic N) is 2. The van der Waals surface area contributed by atoms with Gasteiger partial charge in [-0.2, -0.15) is 0 Å². The summed E-state index contributed by atoms with van der Waals surface area (Å²) in [7, 11) is 0. The van der Waals surface area contributed by atoms with Gasteiger partial charge in [-0.1, -0.05) is 112 Å². The van der Waals surface area contributed by atoms with E-state index < -0.39 is 0 Å². The Morgan fingerprint density at radius 1 is 0.778 bits per heavy atom. The molecule has 2 rings (SSSR count). The Morgan fingerprint density at radius 3 is 2.14 bits per heavy atom. The van der Waals surface area contributed by atoms with Gasteiger partial charge in [-0.05, 0) is 56.9 Å². The SMILES string of the molecule is CCCCCCCC/C=C/CCCCCCCC(=O)Nc1nnc(NCCCCc2ccccc2)s1. The highest BCUT2D eigenvalue weighted by atomic mass is 32.1. The standard InChI is InChI=1S/C30H48N4OS/c1-2-3-4-5-6-7-8-9-10-11-12-13-14-15-19-25-28(35)32-30-34-33-29(36-30)31-26-21-20-24-27-22-17-16-18-23-27/h9-10,16-18,22-23H,2-8,11-15,19-21,24-26H2,1H3,(H,31,33)(H,32,34,35)/b10-9+. The predicted octanol–water partition coefficient (Wildman–Crippen LogP) is 8.95. The third kappa shape index (κ3) is 15.7. The van der Waals surface area contributed by atoms with Crippen LogP contribution in [0.15, 0.2) is 42.5 Å². The maximum Gasteiger partial charge on any atom is 0.226 e. The quantitative estimate of drug-likeness (QED) is 0.122. The Labute approximate surface area is 223 Å². The van der Waals surface area contributed by atoms with Gasteiger partial charge >= 0.3 is 0 Å². The summed E-state index contributed by atoms with van der Waals surface area (Å²) in [5, 5.41) is 15.8. The summed E-state index contributed by atoms with van der Waals surface area (Å²) in [6, 6.07) is 10.6. The van der Waals surface area contributed by atoms with Crippen LogP contribution in [0.1, 0.15) is 115 Å². The summed E-state index contributed by atoms with van der Waals surface area (Å²) >= 11 is 1.41. The molecule has 0 aliphatic heterocycles. The lowest BCUT2D eigenvalue weighted by Gasteiger charge is -2.03. The molecular weight excluding hydrogens is 464 g/mol. The van der Waals surface area contributed by atoms with Crippen molar-refractivity contribution in [3.05, 3.63) is 48.0 Å². The molecule has 5 nitrogen and oxygen atoms in total. The zero-order valence-electron chi connectivity index (χ0n) is 22.5. The van der Waals surface area contributed by atoms with Gasteiger partial charge in [-0.15, -0.1) is 10.2 Å². The first-order valence-corrected chi connectivity index (χ1v) is 15.2. The van der Waals surface area contributed by atoms with Crippen LogP contribution in [0.4, 0.5) is 10.3 Å². The van der Waals surface area contributed by atoms with Crippen molar-refractivity contribution in [2.24, 2.45) is 0 Å². The van der Waals surface area contributed by atoms with Crippen molar-refractivity contribution >= 4 is 27.5 Å². The number of amides is 1. The van der Waals surface area contributed by atoms with Gasteiger partial charge in [0.05, 0.1) is 0 Å². The van der Waals surface area contributed by atoms with E-state index in [-0.39, 0.29) is 5.91 Å². The number of benzene rings is 1. The number of rotatable bonds is 22. The van der Waals surface area contributed by atoms with E-state index in [0.29, 0.717) is 11.6 Å². The molecule has 200 valence electrons. The lowest BCUT2D eigenvalue weighted by molar-refractivity contribution is -0.116. The topological polar surface area (TPSA) is 66.9 Å². The number of unbranched alkanes of at least 4 members (excludes halogenated alkanes) is 12. The molecule has 0 unspecified atom stereocenters. The predicted molar refractivity (Wildman–Crippen MR) is 156 cm³/mol. The van der Waals surface area contributed by atoms with E-state index >= 15 is 0 Å². The van der Waals surface area contributed by atoms with E-state index in [4.69, 9.17) is 0 Å². The first-order valence-electron chi connectivity index (χ1n) is 14.3. The minimum atomic E-state index is 0.0400. The van der Waals surface area contributed by atoms with Gasteiger partial charge in [0.15, 0.2) is 0 Å². The Bertz CT molecular complexity index is 821. The Kier molecular flexibility index (Phi) is 17.5. The number of carbonyl (C=O) groups is 1. The van der Waals surface area contributed by atoms with Crippen LogP contribution in [-0.2, 0) is 11.2 Å². The average molecular weight is 513 g/mol. The summed E-state index contributed by atoms with van der Waals surface area (Å²) in [4.78, 5) is 12.2. The van der Waals surface area contributed by atoms with Gasteiger partial charge < -0.3 is 10.6 Å². The molecule has 6 heteroatoms. The lowest BCUT2D eigenvalue weighted by Crippen LogP contribution is -2.10. The number of allylic oxidation sites excluding steroid dienone is 2. The van der Waals surface area contributed by atoms with Crippen LogP contribution in [-0.4, -0.2) is 22.6 Å². The maximum atomic E-state index is 12.2. The van der Waals surface area contributed by atoms with Crippen molar-refractivity contribution in [2.45, 2.75) is 116 Å². The van der Waals surface area contributed by atoms with Crippen LogP contribution in [0, 0.1) is 0 Å². The van der Waals surface area contributed by atoms with E-state index in [1.54, 1.807) is 0 Å². The second-order valence-electron chi connectivity index (χ2n) is 9.66. The number of nitrogens with one attached hydrogen (secondary N) is 2. The molecule has 2 aromatic rings. The first-order chi connectivity index (χ1) is 17.8. The number of carbonyl (C=O) groups excluding carboxylic acids is 1. The van der Waals surface area contributed by atoms with E-state index in [0.717, 1.165) is 43.8 Å². The molecule has 0 bridgehead atoms. The second-order valence-corrected chi connectivity index (χ2v) is 10.6. The highest BCUT2D eigenvalue weighted by molar-refractivity contribution is 7.19. The van der Waals surface area contributed by atoms with Crippen LogP contribution >= 0.6 is 11.3 Å². The molecule has 0 saturated carbocycles. The molecule has 1 aromatic heterocycles. The first kappa shape index (κ1) is 30.0. The number of aromatic nitrogens is 2. The van der Waals surface area contributed by atoms with E-state index in [1.165, 1.54) is 87.5 Å². The van der Waals surface area contributed by atoms with E-state index in [9.17, 15) is 4.79 Å². The molecule has 0 aliphatic rings. The smallest absolute Gasteiger partial charge is 0.226 e. The summed E-state index contributed by atoms with van der Waals surface area (Å²) in [6.45, 7) is 3.13. The molecule has 36 heavy (non-hydrogen) atoms. The fraction of sp³-hybridized carbons (Fsp3) is 0.633. The third-order valence-electron chi connectivity index (χ3n) is 6.35. The zero-order valence-corrected chi connectivity index (χ0v) is 23.3. The van der Waals surface area contributed by atoms with Gasteiger partial charge in [-0.25, -0.2) is 0 Å².